The number of carbonyl (C=O) groups is 1. The summed E-state index contributed by atoms with van der Waals surface area (Å²) in [4.78, 5) is 17.1. The van der Waals surface area contributed by atoms with E-state index in [-0.39, 0.29) is 17.9 Å². The number of nitrogens with one attached hydrogen (secondary N) is 1. The van der Waals surface area contributed by atoms with Gasteiger partial charge in [0.25, 0.3) is 11.6 Å². The van der Waals surface area contributed by atoms with Crippen LogP contribution in [-0.4, -0.2) is 16.0 Å². The molecular formula is C22H21N3O2. The number of hydrogen-bond acceptors (Lipinski definition) is 4. The fraction of sp³-hybridized carbons (Fsp3) is 0.227. The van der Waals surface area contributed by atoms with Crippen LogP contribution in [-0.2, 0) is 0 Å². The smallest absolute Gasteiger partial charge is 0.257 e. The maximum atomic E-state index is 12.8. The van der Waals surface area contributed by atoms with Crippen LogP contribution in [0.4, 0.5) is 0 Å². The van der Waals surface area contributed by atoms with Gasteiger partial charge in [0.15, 0.2) is 0 Å². The number of hydrogen-bond donors (Lipinski definition) is 1. The van der Waals surface area contributed by atoms with E-state index in [1.54, 1.807) is 6.07 Å². The summed E-state index contributed by atoms with van der Waals surface area (Å²) in [5, 5.41) is 10.2. The van der Waals surface area contributed by atoms with Crippen molar-refractivity contribution in [2.75, 3.05) is 0 Å². The van der Waals surface area contributed by atoms with Gasteiger partial charge in [0.05, 0.1) is 22.7 Å². The first-order valence-corrected chi connectivity index (χ1v) is 9.08. The van der Waals surface area contributed by atoms with Gasteiger partial charge in [0.2, 0.25) is 0 Å². The van der Waals surface area contributed by atoms with Crippen molar-refractivity contribution >= 4 is 27.8 Å². The molecule has 2 aromatic heterocycles. The maximum Gasteiger partial charge on any atom is 0.257 e. The summed E-state index contributed by atoms with van der Waals surface area (Å²) in [5.74, 6) is 0.0294. The van der Waals surface area contributed by atoms with E-state index in [0.717, 1.165) is 27.4 Å². The number of nitrogens with zero attached hydrogens (tertiary/aromatic N) is 2. The van der Waals surface area contributed by atoms with E-state index in [0.29, 0.717) is 11.3 Å². The lowest BCUT2D eigenvalue weighted by molar-refractivity contribution is 0.0940. The zero-order chi connectivity index (χ0) is 19.0. The molecule has 0 radical (unpaired) electrons. The van der Waals surface area contributed by atoms with Gasteiger partial charge < -0.3 is 9.84 Å². The summed E-state index contributed by atoms with van der Waals surface area (Å²) in [6.07, 6.45) is 1.53. The highest BCUT2D eigenvalue weighted by atomic mass is 16.5. The average Bonchev–Trinajstić information content (AvgIpc) is 3.11. The van der Waals surface area contributed by atoms with E-state index in [4.69, 9.17) is 4.52 Å². The Bertz CT molecular complexity index is 1130. The Morgan fingerprint density at radius 2 is 1.81 bits per heavy atom. The fourth-order valence-electron chi connectivity index (χ4n) is 3.38. The molecule has 2 aromatic carbocycles. The Balaban J connectivity index is 1.63. The first kappa shape index (κ1) is 17.2. The molecule has 0 bridgehead atoms. The lowest BCUT2D eigenvalue weighted by Gasteiger charge is -2.16. The number of rotatable bonds is 4. The SMILES string of the molecule is CC(C)c1noc2ncc(C(=O)NC(C)c3cccc4ccccc34)cc12. The molecule has 0 saturated heterocycles. The summed E-state index contributed by atoms with van der Waals surface area (Å²) in [6, 6.07) is 16.0. The van der Waals surface area contributed by atoms with Gasteiger partial charge in [0, 0.05) is 6.20 Å². The molecule has 0 aliphatic carbocycles. The first-order chi connectivity index (χ1) is 13.0. The van der Waals surface area contributed by atoms with Gasteiger partial charge in [-0.1, -0.05) is 61.5 Å². The van der Waals surface area contributed by atoms with E-state index < -0.39 is 0 Å². The number of amides is 1. The molecule has 2 heterocycles. The lowest BCUT2D eigenvalue weighted by atomic mass is 9.99. The standard InChI is InChI=1S/C22H21N3O2/c1-13(2)20-19-11-16(12-23-22(19)27-25-20)21(26)24-14(3)17-10-6-8-15-7-4-5-9-18(15)17/h4-14H,1-3H3,(H,24,26). The second-order valence-electron chi connectivity index (χ2n) is 7.06. The normalized spacial score (nSPS) is 12.6. The van der Waals surface area contributed by atoms with Gasteiger partial charge in [-0.3, -0.25) is 4.79 Å². The highest BCUT2D eigenvalue weighted by molar-refractivity contribution is 5.97. The topological polar surface area (TPSA) is 68.0 Å². The summed E-state index contributed by atoms with van der Waals surface area (Å²) in [7, 11) is 0. The summed E-state index contributed by atoms with van der Waals surface area (Å²) in [5.41, 5.74) is 2.86. The van der Waals surface area contributed by atoms with E-state index >= 15 is 0 Å². The summed E-state index contributed by atoms with van der Waals surface area (Å²) in [6.45, 7) is 6.06. The van der Waals surface area contributed by atoms with Crippen molar-refractivity contribution in [3.63, 3.8) is 0 Å². The van der Waals surface area contributed by atoms with E-state index in [2.05, 4.69) is 33.7 Å². The van der Waals surface area contributed by atoms with Crippen LogP contribution in [0.3, 0.4) is 0 Å². The van der Waals surface area contributed by atoms with Crippen LogP contribution in [0.25, 0.3) is 21.9 Å². The second kappa shape index (κ2) is 6.83. The van der Waals surface area contributed by atoms with Gasteiger partial charge in [0.1, 0.15) is 0 Å². The predicted molar refractivity (Wildman–Crippen MR) is 106 cm³/mol. The lowest BCUT2D eigenvalue weighted by Crippen LogP contribution is -2.26. The minimum atomic E-state index is -0.166. The molecule has 4 aromatic rings. The molecule has 1 N–H and O–H groups in total. The number of fused-ring (bicyclic) bond motifs is 2. The van der Waals surface area contributed by atoms with Crippen LogP contribution in [0.1, 0.15) is 54.3 Å². The molecule has 27 heavy (non-hydrogen) atoms. The average molecular weight is 359 g/mol. The molecule has 0 aliphatic heterocycles. The minimum Gasteiger partial charge on any atom is -0.345 e. The molecule has 1 atom stereocenters. The molecule has 0 aliphatic rings. The molecule has 1 unspecified atom stereocenters. The highest BCUT2D eigenvalue weighted by Gasteiger charge is 2.18. The first-order valence-electron chi connectivity index (χ1n) is 9.08. The fourth-order valence-corrected chi connectivity index (χ4v) is 3.38. The zero-order valence-electron chi connectivity index (χ0n) is 15.6. The quantitative estimate of drug-likeness (QED) is 0.557. The number of aromatic nitrogens is 2. The molecule has 4 rings (SSSR count). The van der Waals surface area contributed by atoms with Crippen molar-refractivity contribution in [1.82, 2.24) is 15.5 Å². The van der Waals surface area contributed by atoms with Gasteiger partial charge >= 0.3 is 0 Å². The minimum absolute atomic E-state index is 0.133. The van der Waals surface area contributed by atoms with E-state index in [9.17, 15) is 4.79 Å². The van der Waals surface area contributed by atoms with Crippen LogP contribution in [0.15, 0.2) is 59.3 Å². The number of pyridine rings is 1. The Hall–Kier alpha value is -3.21. The third kappa shape index (κ3) is 3.16. The Morgan fingerprint density at radius 3 is 2.63 bits per heavy atom. The number of benzene rings is 2. The van der Waals surface area contributed by atoms with Crippen LogP contribution >= 0.6 is 0 Å². The molecule has 5 heteroatoms. The van der Waals surface area contributed by atoms with Crippen LogP contribution in [0, 0.1) is 0 Å². The highest BCUT2D eigenvalue weighted by Crippen LogP contribution is 2.26. The molecular weight excluding hydrogens is 338 g/mol. The molecule has 0 fully saturated rings. The van der Waals surface area contributed by atoms with E-state index in [1.807, 2.05) is 45.0 Å². The largest absolute Gasteiger partial charge is 0.345 e. The predicted octanol–water partition coefficient (Wildman–Crippen LogP) is 4.99. The Labute approximate surface area is 157 Å². The van der Waals surface area contributed by atoms with Gasteiger partial charge in [-0.25, -0.2) is 4.98 Å². The summed E-state index contributed by atoms with van der Waals surface area (Å²) < 4.78 is 5.25. The van der Waals surface area contributed by atoms with Crippen molar-refractivity contribution in [3.8, 4) is 0 Å². The van der Waals surface area contributed by atoms with Crippen molar-refractivity contribution in [2.24, 2.45) is 0 Å². The molecule has 1 amide bonds. The molecule has 0 saturated carbocycles. The Kier molecular flexibility index (Phi) is 4.36. The molecule has 0 spiro atoms. The third-order valence-electron chi connectivity index (χ3n) is 4.80. The van der Waals surface area contributed by atoms with Crippen molar-refractivity contribution in [1.29, 1.82) is 0 Å². The second-order valence-corrected chi connectivity index (χ2v) is 7.06. The zero-order valence-corrected chi connectivity index (χ0v) is 15.6. The van der Waals surface area contributed by atoms with Crippen molar-refractivity contribution in [2.45, 2.75) is 32.7 Å². The van der Waals surface area contributed by atoms with Crippen molar-refractivity contribution in [3.05, 3.63) is 71.5 Å². The summed E-state index contributed by atoms with van der Waals surface area (Å²) >= 11 is 0. The van der Waals surface area contributed by atoms with Gasteiger partial charge in [-0.2, -0.15) is 0 Å². The Morgan fingerprint density at radius 1 is 1.04 bits per heavy atom. The third-order valence-corrected chi connectivity index (χ3v) is 4.80. The van der Waals surface area contributed by atoms with Crippen LogP contribution in [0.5, 0.6) is 0 Å². The van der Waals surface area contributed by atoms with Crippen molar-refractivity contribution < 1.29 is 9.32 Å². The monoisotopic (exact) mass is 359 g/mol. The van der Waals surface area contributed by atoms with Crippen LogP contribution in [0.2, 0.25) is 0 Å². The maximum absolute atomic E-state index is 12.8. The van der Waals surface area contributed by atoms with E-state index in [1.165, 1.54) is 6.20 Å². The number of carbonyl (C=O) groups excluding carboxylic acids is 1. The van der Waals surface area contributed by atoms with Crippen LogP contribution < -0.4 is 5.32 Å². The molecule has 136 valence electrons. The molecule has 5 nitrogen and oxygen atoms in total. The van der Waals surface area contributed by atoms with Gasteiger partial charge in [-0.05, 0) is 35.2 Å². The van der Waals surface area contributed by atoms with Gasteiger partial charge in [-0.15, -0.1) is 0 Å².